The van der Waals surface area contributed by atoms with Crippen LogP contribution in [0, 0.1) is 5.92 Å². The van der Waals surface area contributed by atoms with Crippen molar-refractivity contribution in [2.24, 2.45) is 5.92 Å². The second-order valence-electron chi connectivity index (χ2n) is 6.98. The molecule has 0 saturated heterocycles. The Morgan fingerprint density at radius 1 is 1.00 bits per heavy atom. The van der Waals surface area contributed by atoms with Gasteiger partial charge in [-0.3, -0.25) is 4.79 Å². The summed E-state index contributed by atoms with van der Waals surface area (Å²) >= 11 is 5.51. The highest BCUT2D eigenvalue weighted by Crippen LogP contribution is 2.36. The summed E-state index contributed by atoms with van der Waals surface area (Å²) in [6.45, 7) is 1.47. The first kappa shape index (κ1) is 18.9. The maximum atomic E-state index is 11.2. The summed E-state index contributed by atoms with van der Waals surface area (Å²) in [5, 5.41) is -0.394. The van der Waals surface area contributed by atoms with Crippen LogP contribution in [0.15, 0.2) is 48.5 Å². The van der Waals surface area contributed by atoms with E-state index in [4.69, 9.17) is 21.1 Å². The number of carbonyl (C=O) groups excluding carboxylic acids is 1. The zero-order valence-corrected chi connectivity index (χ0v) is 15.9. The lowest BCUT2D eigenvalue weighted by Crippen LogP contribution is -2.18. The molecular weight excluding hydrogens is 348 g/mol. The number of hydrogen-bond donors (Lipinski definition) is 0. The van der Waals surface area contributed by atoms with Crippen molar-refractivity contribution in [1.82, 2.24) is 0 Å². The second-order valence-corrected chi connectivity index (χ2v) is 7.32. The van der Waals surface area contributed by atoms with E-state index >= 15 is 0 Å². The molecule has 0 heterocycles. The predicted octanol–water partition coefficient (Wildman–Crippen LogP) is 5.56. The van der Waals surface area contributed by atoms with E-state index in [9.17, 15) is 4.79 Å². The molecule has 0 amide bonds. The topological polar surface area (TPSA) is 35.5 Å². The van der Waals surface area contributed by atoms with Crippen molar-refractivity contribution >= 4 is 16.8 Å². The van der Waals surface area contributed by atoms with Crippen LogP contribution in [-0.2, 0) is 11.3 Å². The molecular formula is C22H25ClO3. The van der Waals surface area contributed by atoms with E-state index in [2.05, 4.69) is 0 Å². The van der Waals surface area contributed by atoms with Crippen molar-refractivity contribution in [2.75, 3.05) is 13.7 Å². The monoisotopic (exact) mass is 372 g/mol. The number of methoxy groups -OCH3 is 1. The van der Waals surface area contributed by atoms with Crippen LogP contribution in [0.2, 0.25) is 0 Å². The van der Waals surface area contributed by atoms with Crippen LogP contribution in [0.5, 0.6) is 5.75 Å². The Balaban J connectivity index is 1.41. The van der Waals surface area contributed by atoms with Crippen molar-refractivity contribution < 1.29 is 14.3 Å². The summed E-state index contributed by atoms with van der Waals surface area (Å²) in [7, 11) is 1.67. The fourth-order valence-corrected chi connectivity index (χ4v) is 3.74. The van der Waals surface area contributed by atoms with Gasteiger partial charge in [-0.25, -0.2) is 0 Å². The van der Waals surface area contributed by atoms with Crippen molar-refractivity contribution in [1.29, 1.82) is 0 Å². The summed E-state index contributed by atoms with van der Waals surface area (Å²) in [5.41, 5.74) is 3.05. The van der Waals surface area contributed by atoms with E-state index < -0.39 is 5.24 Å². The quantitative estimate of drug-likeness (QED) is 0.596. The lowest BCUT2D eigenvalue weighted by molar-refractivity contribution is 0.0715. The van der Waals surface area contributed by atoms with Gasteiger partial charge in [0.05, 0.1) is 13.7 Å². The maximum absolute atomic E-state index is 11.2. The van der Waals surface area contributed by atoms with Crippen LogP contribution in [0.3, 0.4) is 0 Å². The number of halogens is 1. The van der Waals surface area contributed by atoms with Crippen molar-refractivity contribution in [3.05, 3.63) is 65.2 Å². The van der Waals surface area contributed by atoms with Crippen molar-refractivity contribution in [3.63, 3.8) is 0 Å². The first-order valence-corrected chi connectivity index (χ1v) is 9.54. The molecule has 0 aliphatic heterocycles. The average Bonchev–Trinajstić information content (AvgIpc) is 2.69. The van der Waals surface area contributed by atoms with E-state index in [1.165, 1.54) is 36.8 Å². The zero-order valence-electron chi connectivity index (χ0n) is 15.1. The number of rotatable bonds is 7. The van der Waals surface area contributed by atoms with E-state index in [0.29, 0.717) is 24.0 Å². The zero-order chi connectivity index (χ0) is 18.4. The minimum absolute atomic E-state index is 0.394. The van der Waals surface area contributed by atoms with Gasteiger partial charge in [-0.2, -0.15) is 0 Å². The third-order valence-electron chi connectivity index (χ3n) is 5.24. The summed E-state index contributed by atoms with van der Waals surface area (Å²) in [6, 6.07) is 15.8. The SMILES string of the molecule is COc1ccc(COC[C@H]2CC[C@H](c3ccc(C(=O)Cl)cc3)CC2)cc1. The number of hydrogen-bond acceptors (Lipinski definition) is 3. The number of ether oxygens (including phenoxy) is 2. The first-order chi connectivity index (χ1) is 12.7. The standard InChI is InChI=1S/C22H25ClO3/c1-25-21-12-4-17(5-13-21)15-26-14-16-2-6-18(7-3-16)19-8-10-20(11-9-19)22(23)24/h4-5,8-13,16,18H,2-3,6-7,14-15H2,1H3/t16-,18-. The molecule has 1 aliphatic rings. The van der Waals surface area contributed by atoms with Crippen LogP contribution in [0.25, 0.3) is 0 Å². The minimum atomic E-state index is -0.394. The Bertz CT molecular complexity index is 701. The molecule has 3 nitrogen and oxygen atoms in total. The van der Waals surface area contributed by atoms with Gasteiger partial charge in [0.1, 0.15) is 5.75 Å². The molecule has 0 radical (unpaired) electrons. The molecule has 138 valence electrons. The molecule has 0 N–H and O–H groups in total. The summed E-state index contributed by atoms with van der Waals surface area (Å²) < 4.78 is 11.1. The minimum Gasteiger partial charge on any atom is -0.497 e. The van der Waals surface area contributed by atoms with Gasteiger partial charge in [0.25, 0.3) is 5.24 Å². The normalized spacial score (nSPS) is 19.9. The number of carbonyl (C=O) groups is 1. The molecule has 4 heteroatoms. The van der Waals surface area contributed by atoms with Crippen LogP contribution in [0.1, 0.15) is 53.1 Å². The van der Waals surface area contributed by atoms with E-state index in [1.807, 2.05) is 48.5 Å². The maximum Gasteiger partial charge on any atom is 0.252 e. The first-order valence-electron chi connectivity index (χ1n) is 9.16. The van der Waals surface area contributed by atoms with Crippen LogP contribution < -0.4 is 4.74 Å². The summed E-state index contributed by atoms with van der Waals surface area (Å²) in [6.07, 6.45) is 4.71. The average molecular weight is 373 g/mol. The van der Waals surface area contributed by atoms with Crippen LogP contribution >= 0.6 is 11.6 Å². The molecule has 0 aromatic heterocycles. The lowest BCUT2D eigenvalue weighted by Gasteiger charge is -2.28. The fraction of sp³-hybridized carbons (Fsp3) is 0.409. The van der Waals surface area contributed by atoms with Crippen LogP contribution in [0.4, 0.5) is 0 Å². The molecule has 0 atom stereocenters. The molecule has 0 bridgehead atoms. The number of benzene rings is 2. The molecule has 2 aromatic rings. The van der Waals surface area contributed by atoms with Gasteiger partial charge < -0.3 is 9.47 Å². The third kappa shape index (κ3) is 5.09. The Kier molecular flexibility index (Phi) is 6.70. The van der Waals surface area contributed by atoms with E-state index in [-0.39, 0.29) is 0 Å². The summed E-state index contributed by atoms with van der Waals surface area (Å²) in [4.78, 5) is 11.2. The summed E-state index contributed by atoms with van der Waals surface area (Å²) in [5.74, 6) is 2.08. The second kappa shape index (κ2) is 9.20. The van der Waals surface area contributed by atoms with Gasteiger partial charge in [0, 0.05) is 12.2 Å². The molecule has 1 aliphatic carbocycles. The highest BCUT2D eigenvalue weighted by atomic mass is 35.5. The molecule has 26 heavy (non-hydrogen) atoms. The Morgan fingerprint density at radius 2 is 1.65 bits per heavy atom. The van der Waals surface area contributed by atoms with Gasteiger partial charge in [-0.05, 0) is 84.5 Å². The largest absolute Gasteiger partial charge is 0.497 e. The van der Waals surface area contributed by atoms with Crippen molar-refractivity contribution in [3.8, 4) is 5.75 Å². The molecule has 0 spiro atoms. The molecule has 0 unspecified atom stereocenters. The lowest BCUT2D eigenvalue weighted by atomic mass is 9.79. The van der Waals surface area contributed by atoms with Gasteiger partial charge in [-0.15, -0.1) is 0 Å². The van der Waals surface area contributed by atoms with Gasteiger partial charge in [0.2, 0.25) is 0 Å². The third-order valence-corrected chi connectivity index (χ3v) is 5.46. The smallest absolute Gasteiger partial charge is 0.252 e. The van der Waals surface area contributed by atoms with Gasteiger partial charge in [-0.1, -0.05) is 24.3 Å². The molecule has 3 rings (SSSR count). The van der Waals surface area contributed by atoms with Gasteiger partial charge in [0.15, 0.2) is 0 Å². The molecule has 1 saturated carbocycles. The Labute approximate surface area is 160 Å². The fourth-order valence-electron chi connectivity index (χ4n) is 3.61. The Morgan fingerprint density at radius 3 is 2.23 bits per heavy atom. The molecule has 2 aromatic carbocycles. The highest BCUT2D eigenvalue weighted by Gasteiger charge is 2.22. The molecule has 1 fully saturated rings. The predicted molar refractivity (Wildman–Crippen MR) is 104 cm³/mol. The van der Waals surface area contributed by atoms with E-state index in [1.54, 1.807) is 7.11 Å². The Hall–Kier alpha value is -1.84. The highest BCUT2D eigenvalue weighted by molar-refractivity contribution is 6.67. The van der Waals surface area contributed by atoms with E-state index in [0.717, 1.165) is 12.4 Å². The van der Waals surface area contributed by atoms with Crippen molar-refractivity contribution in [2.45, 2.75) is 38.2 Å². The van der Waals surface area contributed by atoms with Crippen LogP contribution in [-0.4, -0.2) is 19.0 Å². The van der Waals surface area contributed by atoms with Gasteiger partial charge >= 0.3 is 0 Å².